The number of hydrogen-bond donors (Lipinski definition) is 1. The first-order chi connectivity index (χ1) is 6.74. The quantitative estimate of drug-likeness (QED) is 0.670. The number of carbonyl (C=O) groups excluding carboxylic acids is 1. The van der Waals surface area contributed by atoms with Gasteiger partial charge in [-0.3, -0.25) is 4.79 Å². The first-order valence-electron chi connectivity index (χ1n) is 5.60. The zero-order valence-corrected chi connectivity index (χ0v) is 9.38. The van der Waals surface area contributed by atoms with Crippen molar-refractivity contribution in [3.63, 3.8) is 0 Å². The molecule has 0 bridgehead atoms. The van der Waals surface area contributed by atoms with E-state index in [1.807, 2.05) is 7.05 Å². The Morgan fingerprint density at radius 3 is 3.00 bits per heavy atom. The minimum absolute atomic E-state index is 0.446. The topological polar surface area (TPSA) is 32.3 Å². The van der Waals surface area contributed by atoms with E-state index in [0.717, 1.165) is 38.8 Å². The van der Waals surface area contributed by atoms with E-state index in [1.54, 1.807) is 0 Å². The molecule has 1 aliphatic carbocycles. The van der Waals surface area contributed by atoms with Gasteiger partial charge < -0.3 is 10.2 Å². The molecule has 0 aromatic rings. The van der Waals surface area contributed by atoms with Crippen molar-refractivity contribution in [2.45, 2.75) is 38.1 Å². The molecule has 1 fully saturated rings. The molecule has 1 atom stereocenters. The Morgan fingerprint density at radius 2 is 2.36 bits per heavy atom. The van der Waals surface area contributed by atoms with Crippen LogP contribution in [-0.4, -0.2) is 43.9 Å². The highest BCUT2D eigenvalue weighted by atomic mass is 16.1. The largest absolute Gasteiger partial charge is 0.320 e. The average molecular weight is 198 g/mol. The van der Waals surface area contributed by atoms with E-state index < -0.39 is 0 Å². The highest BCUT2D eigenvalue weighted by Crippen LogP contribution is 2.19. The molecule has 14 heavy (non-hydrogen) atoms. The van der Waals surface area contributed by atoms with Crippen molar-refractivity contribution in [3.05, 3.63) is 0 Å². The third-order valence-corrected chi connectivity index (χ3v) is 3.02. The molecule has 0 aromatic heterocycles. The second-order valence-corrected chi connectivity index (χ2v) is 4.23. The summed E-state index contributed by atoms with van der Waals surface area (Å²) in [6.45, 7) is 2.16. The number of Topliss-reactive ketones (excluding diaryl/α,β-unsaturated/α-hetero) is 1. The van der Waals surface area contributed by atoms with Gasteiger partial charge in [0.2, 0.25) is 0 Å². The van der Waals surface area contributed by atoms with Crippen LogP contribution >= 0.6 is 0 Å². The summed E-state index contributed by atoms with van der Waals surface area (Å²) in [7, 11) is 4.11. The second kappa shape index (κ2) is 6.14. The number of hydrogen-bond acceptors (Lipinski definition) is 3. The third-order valence-electron chi connectivity index (χ3n) is 3.02. The smallest absolute Gasteiger partial charge is 0.134 e. The summed E-state index contributed by atoms with van der Waals surface area (Å²) in [6, 6.07) is 0.508. The van der Waals surface area contributed by atoms with Crippen LogP contribution in [-0.2, 0) is 4.79 Å². The summed E-state index contributed by atoms with van der Waals surface area (Å²) in [5.74, 6) is 0.446. The molecule has 0 aromatic carbocycles. The molecule has 82 valence electrons. The first kappa shape index (κ1) is 11.7. The van der Waals surface area contributed by atoms with Crippen LogP contribution in [0, 0.1) is 0 Å². The summed E-state index contributed by atoms with van der Waals surface area (Å²) in [4.78, 5) is 13.6. The van der Waals surface area contributed by atoms with Gasteiger partial charge >= 0.3 is 0 Å². The second-order valence-electron chi connectivity index (χ2n) is 4.23. The number of nitrogens with zero attached hydrogens (tertiary/aromatic N) is 1. The Bertz CT molecular complexity index is 182. The highest BCUT2D eigenvalue weighted by molar-refractivity contribution is 5.79. The maximum atomic E-state index is 11.3. The summed E-state index contributed by atoms with van der Waals surface area (Å²) in [5, 5.41) is 3.14. The highest BCUT2D eigenvalue weighted by Gasteiger charge is 2.22. The van der Waals surface area contributed by atoms with Gasteiger partial charge in [-0.05, 0) is 46.4 Å². The lowest BCUT2D eigenvalue weighted by atomic mass is 9.93. The van der Waals surface area contributed by atoms with Gasteiger partial charge in [0.05, 0.1) is 0 Å². The molecule has 0 saturated heterocycles. The lowest BCUT2D eigenvalue weighted by Crippen LogP contribution is -2.37. The predicted octanol–water partition coefficient (Wildman–Crippen LogP) is 1.04. The van der Waals surface area contributed by atoms with Crippen LogP contribution in [0.5, 0.6) is 0 Å². The Hall–Kier alpha value is -0.410. The van der Waals surface area contributed by atoms with E-state index in [4.69, 9.17) is 0 Å². The van der Waals surface area contributed by atoms with Gasteiger partial charge in [0.1, 0.15) is 5.78 Å². The van der Waals surface area contributed by atoms with Crippen molar-refractivity contribution in [2.24, 2.45) is 0 Å². The summed E-state index contributed by atoms with van der Waals surface area (Å²) < 4.78 is 0. The molecule has 0 amide bonds. The predicted molar refractivity (Wildman–Crippen MR) is 58.4 cm³/mol. The Kier molecular flexibility index (Phi) is 5.12. The van der Waals surface area contributed by atoms with Gasteiger partial charge in [0.25, 0.3) is 0 Å². The normalized spacial score (nSPS) is 23.1. The van der Waals surface area contributed by atoms with Crippen LogP contribution in [0.15, 0.2) is 0 Å². The molecule has 1 N–H and O–H groups in total. The fourth-order valence-corrected chi connectivity index (χ4v) is 2.07. The maximum absolute atomic E-state index is 11.3. The van der Waals surface area contributed by atoms with Crippen LogP contribution in [0.4, 0.5) is 0 Å². The van der Waals surface area contributed by atoms with Gasteiger partial charge in [-0.15, -0.1) is 0 Å². The molecule has 1 rings (SSSR count). The molecular weight excluding hydrogens is 176 g/mol. The van der Waals surface area contributed by atoms with Crippen LogP contribution in [0.3, 0.4) is 0 Å². The molecule has 1 unspecified atom stereocenters. The minimum Gasteiger partial charge on any atom is -0.320 e. The van der Waals surface area contributed by atoms with E-state index in [9.17, 15) is 4.79 Å². The molecule has 3 heteroatoms. The monoisotopic (exact) mass is 198 g/mol. The Balaban J connectivity index is 2.21. The summed E-state index contributed by atoms with van der Waals surface area (Å²) in [5.41, 5.74) is 0. The van der Waals surface area contributed by atoms with E-state index in [0.29, 0.717) is 11.8 Å². The molecule has 0 aliphatic heterocycles. The summed E-state index contributed by atoms with van der Waals surface area (Å²) in [6.07, 6.45) is 5.02. The molecule has 0 radical (unpaired) electrons. The van der Waals surface area contributed by atoms with Gasteiger partial charge in [-0.2, -0.15) is 0 Å². The molecular formula is C11H22N2O. The average Bonchev–Trinajstić information content (AvgIpc) is 2.18. The van der Waals surface area contributed by atoms with Crippen molar-refractivity contribution >= 4 is 5.78 Å². The van der Waals surface area contributed by atoms with Crippen LogP contribution < -0.4 is 5.32 Å². The Morgan fingerprint density at radius 1 is 1.57 bits per heavy atom. The van der Waals surface area contributed by atoms with E-state index >= 15 is 0 Å². The van der Waals surface area contributed by atoms with Gasteiger partial charge in [0, 0.05) is 18.9 Å². The van der Waals surface area contributed by atoms with Crippen LogP contribution in [0.2, 0.25) is 0 Å². The number of ketones is 1. The van der Waals surface area contributed by atoms with Gasteiger partial charge in [-0.25, -0.2) is 0 Å². The summed E-state index contributed by atoms with van der Waals surface area (Å²) >= 11 is 0. The van der Waals surface area contributed by atoms with E-state index in [-0.39, 0.29) is 0 Å². The Labute approximate surface area is 86.9 Å². The van der Waals surface area contributed by atoms with Crippen LogP contribution in [0.25, 0.3) is 0 Å². The lowest BCUT2D eigenvalue weighted by molar-refractivity contribution is -0.121. The van der Waals surface area contributed by atoms with Gasteiger partial charge in [0.15, 0.2) is 0 Å². The zero-order valence-electron chi connectivity index (χ0n) is 9.38. The van der Waals surface area contributed by atoms with Gasteiger partial charge in [-0.1, -0.05) is 0 Å². The number of nitrogens with one attached hydrogen (secondary N) is 1. The zero-order chi connectivity index (χ0) is 10.4. The maximum Gasteiger partial charge on any atom is 0.134 e. The minimum atomic E-state index is 0.446. The van der Waals surface area contributed by atoms with Crippen molar-refractivity contribution in [1.82, 2.24) is 10.2 Å². The number of carbonyl (C=O) groups is 1. The van der Waals surface area contributed by atoms with Crippen molar-refractivity contribution in [1.29, 1.82) is 0 Å². The first-order valence-corrected chi connectivity index (χ1v) is 5.60. The van der Waals surface area contributed by atoms with Crippen molar-refractivity contribution in [2.75, 3.05) is 27.2 Å². The molecule has 3 nitrogen and oxygen atoms in total. The van der Waals surface area contributed by atoms with Crippen LogP contribution in [0.1, 0.15) is 32.1 Å². The molecule has 0 spiro atoms. The number of rotatable bonds is 5. The van der Waals surface area contributed by atoms with Crippen molar-refractivity contribution in [3.8, 4) is 0 Å². The van der Waals surface area contributed by atoms with E-state index in [1.165, 1.54) is 6.42 Å². The fraction of sp³-hybridized carbons (Fsp3) is 0.909. The SMILES string of the molecule is CNCCCN(C)C1CCCC(=O)C1. The standard InChI is InChI=1S/C11H22N2O/c1-12-7-4-8-13(2)10-5-3-6-11(14)9-10/h10,12H,3-9H2,1-2H3. The molecule has 1 aliphatic rings. The lowest BCUT2D eigenvalue weighted by Gasteiger charge is -2.30. The fourth-order valence-electron chi connectivity index (χ4n) is 2.07. The van der Waals surface area contributed by atoms with E-state index in [2.05, 4.69) is 17.3 Å². The van der Waals surface area contributed by atoms with Crippen molar-refractivity contribution < 1.29 is 4.79 Å². The molecule has 1 saturated carbocycles. The molecule has 0 heterocycles. The third kappa shape index (κ3) is 3.76.